The fourth-order valence-corrected chi connectivity index (χ4v) is 2.81. The second-order valence-electron chi connectivity index (χ2n) is 5.58. The van der Waals surface area contributed by atoms with Crippen LogP contribution in [0.5, 0.6) is 5.75 Å². The van der Waals surface area contributed by atoms with Crippen molar-refractivity contribution in [2.45, 2.75) is 0 Å². The SMILES string of the molecule is O=c1cc(-c2ccccc2)oc2cc(-c3ccccc3)cc(O)c12. The van der Waals surface area contributed by atoms with Crippen LogP contribution in [-0.2, 0) is 0 Å². The van der Waals surface area contributed by atoms with Crippen molar-refractivity contribution in [2.24, 2.45) is 0 Å². The van der Waals surface area contributed by atoms with Crippen LogP contribution in [0.3, 0.4) is 0 Å². The predicted molar refractivity (Wildman–Crippen MR) is 95.0 cm³/mol. The Bertz CT molecular complexity index is 1060. The summed E-state index contributed by atoms with van der Waals surface area (Å²) in [6.07, 6.45) is 0. The molecule has 0 saturated heterocycles. The molecule has 3 heteroatoms. The summed E-state index contributed by atoms with van der Waals surface area (Å²) in [5.41, 5.74) is 2.69. The highest BCUT2D eigenvalue weighted by atomic mass is 16.3. The van der Waals surface area contributed by atoms with Gasteiger partial charge in [-0.25, -0.2) is 0 Å². The molecule has 0 unspecified atom stereocenters. The van der Waals surface area contributed by atoms with Crippen LogP contribution in [0, 0.1) is 0 Å². The Morgan fingerprint density at radius 3 is 2.00 bits per heavy atom. The van der Waals surface area contributed by atoms with Gasteiger partial charge in [0.05, 0.1) is 0 Å². The van der Waals surface area contributed by atoms with Crippen LogP contribution >= 0.6 is 0 Å². The van der Waals surface area contributed by atoms with Gasteiger partial charge in [0.15, 0.2) is 5.43 Å². The summed E-state index contributed by atoms with van der Waals surface area (Å²) in [4.78, 5) is 12.4. The highest BCUT2D eigenvalue weighted by Crippen LogP contribution is 2.32. The average Bonchev–Trinajstić information content (AvgIpc) is 2.62. The first kappa shape index (κ1) is 14.3. The lowest BCUT2D eigenvalue weighted by Gasteiger charge is -2.08. The van der Waals surface area contributed by atoms with Crippen molar-refractivity contribution in [3.8, 4) is 28.2 Å². The maximum atomic E-state index is 12.4. The van der Waals surface area contributed by atoms with Crippen molar-refractivity contribution >= 4 is 11.0 Å². The normalized spacial score (nSPS) is 10.8. The molecule has 0 amide bonds. The quantitative estimate of drug-likeness (QED) is 0.576. The number of hydrogen-bond acceptors (Lipinski definition) is 3. The van der Waals surface area contributed by atoms with Crippen LogP contribution in [0.15, 0.2) is 88.1 Å². The monoisotopic (exact) mass is 314 g/mol. The van der Waals surface area contributed by atoms with Crippen LogP contribution in [-0.4, -0.2) is 5.11 Å². The predicted octanol–water partition coefficient (Wildman–Crippen LogP) is 4.83. The molecular weight excluding hydrogens is 300 g/mol. The number of aromatic hydroxyl groups is 1. The molecule has 3 aromatic carbocycles. The molecule has 24 heavy (non-hydrogen) atoms. The number of rotatable bonds is 2. The Labute approximate surface area is 138 Å². The maximum Gasteiger partial charge on any atom is 0.197 e. The summed E-state index contributed by atoms with van der Waals surface area (Å²) in [6, 6.07) is 23.9. The van der Waals surface area contributed by atoms with E-state index in [1.54, 1.807) is 12.1 Å². The van der Waals surface area contributed by atoms with E-state index in [9.17, 15) is 9.90 Å². The molecule has 4 rings (SSSR count). The molecule has 116 valence electrons. The Kier molecular flexibility index (Phi) is 3.39. The summed E-state index contributed by atoms with van der Waals surface area (Å²) in [6.45, 7) is 0. The van der Waals surface area contributed by atoms with Crippen LogP contribution in [0.25, 0.3) is 33.4 Å². The van der Waals surface area contributed by atoms with Crippen molar-refractivity contribution < 1.29 is 9.52 Å². The van der Waals surface area contributed by atoms with Gasteiger partial charge in [-0.15, -0.1) is 0 Å². The van der Waals surface area contributed by atoms with Crippen molar-refractivity contribution in [1.29, 1.82) is 0 Å². The first-order valence-electron chi connectivity index (χ1n) is 7.64. The molecular formula is C21H14O3. The number of phenols is 1. The number of hydrogen-bond donors (Lipinski definition) is 1. The Hall–Kier alpha value is -3.33. The minimum absolute atomic E-state index is 0.0697. The van der Waals surface area contributed by atoms with E-state index in [0.29, 0.717) is 11.3 Å². The van der Waals surface area contributed by atoms with E-state index in [-0.39, 0.29) is 16.6 Å². The largest absolute Gasteiger partial charge is 0.507 e. The lowest BCUT2D eigenvalue weighted by atomic mass is 10.0. The van der Waals surface area contributed by atoms with E-state index in [0.717, 1.165) is 16.7 Å². The first-order chi connectivity index (χ1) is 11.7. The minimum atomic E-state index is -0.257. The van der Waals surface area contributed by atoms with Gasteiger partial charge in [0.1, 0.15) is 22.5 Å². The molecule has 0 aliphatic carbocycles. The van der Waals surface area contributed by atoms with Crippen LogP contribution in [0.4, 0.5) is 0 Å². The first-order valence-corrected chi connectivity index (χ1v) is 7.64. The Morgan fingerprint density at radius 1 is 0.708 bits per heavy atom. The molecule has 3 nitrogen and oxygen atoms in total. The molecule has 1 heterocycles. The van der Waals surface area contributed by atoms with E-state index in [1.807, 2.05) is 60.7 Å². The fraction of sp³-hybridized carbons (Fsp3) is 0. The van der Waals surface area contributed by atoms with E-state index in [1.165, 1.54) is 6.07 Å². The van der Waals surface area contributed by atoms with Gasteiger partial charge < -0.3 is 9.52 Å². The zero-order chi connectivity index (χ0) is 16.5. The van der Waals surface area contributed by atoms with Crippen LogP contribution in [0.1, 0.15) is 0 Å². The summed E-state index contributed by atoms with van der Waals surface area (Å²) >= 11 is 0. The fourth-order valence-electron chi connectivity index (χ4n) is 2.81. The third-order valence-electron chi connectivity index (χ3n) is 3.98. The van der Waals surface area contributed by atoms with E-state index >= 15 is 0 Å². The molecule has 1 N–H and O–H groups in total. The third-order valence-corrected chi connectivity index (χ3v) is 3.98. The Balaban J connectivity index is 1.98. The van der Waals surface area contributed by atoms with Crippen molar-refractivity contribution in [3.63, 3.8) is 0 Å². The number of phenolic OH excluding ortho intramolecular Hbond substituents is 1. The van der Waals surface area contributed by atoms with Gasteiger partial charge in [-0.3, -0.25) is 4.79 Å². The van der Waals surface area contributed by atoms with Crippen molar-refractivity contribution in [3.05, 3.63) is 89.1 Å². The van der Waals surface area contributed by atoms with Gasteiger partial charge in [0.25, 0.3) is 0 Å². The molecule has 0 aliphatic heterocycles. The van der Waals surface area contributed by atoms with Gasteiger partial charge >= 0.3 is 0 Å². The van der Waals surface area contributed by atoms with Crippen LogP contribution in [0.2, 0.25) is 0 Å². The molecule has 0 saturated carbocycles. The van der Waals surface area contributed by atoms with Gasteiger partial charge in [-0.1, -0.05) is 60.7 Å². The molecule has 0 aliphatic rings. The summed E-state index contributed by atoms with van der Waals surface area (Å²) in [7, 11) is 0. The van der Waals surface area contributed by atoms with Crippen LogP contribution < -0.4 is 5.43 Å². The van der Waals surface area contributed by atoms with E-state index in [2.05, 4.69) is 0 Å². The standard InChI is InChI=1S/C21H14O3/c22-17-11-16(14-7-3-1-4-8-14)12-20-21(17)18(23)13-19(24-20)15-9-5-2-6-10-15/h1-13,22H. The molecule has 0 spiro atoms. The van der Waals surface area contributed by atoms with Crippen molar-refractivity contribution in [1.82, 2.24) is 0 Å². The minimum Gasteiger partial charge on any atom is -0.507 e. The van der Waals surface area contributed by atoms with E-state index < -0.39 is 0 Å². The second kappa shape index (κ2) is 5.70. The summed E-state index contributed by atoms with van der Waals surface area (Å²) in [5, 5.41) is 10.5. The zero-order valence-electron chi connectivity index (χ0n) is 12.8. The molecule has 0 fully saturated rings. The van der Waals surface area contributed by atoms with Gasteiger partial charge in [-0.05, 0) is 23.3 Å². The average molecular weight is 314 g/mol. The lowest BCUT2D eigenvalue weighted by molar-refractivity contribution is 0.480. The smallest absolute Gasteiger partial charge is 0.197 e. The number of benzene rings is 3. The second-order valence-corrected chi connectivity index (χ2v) is 5.58. The zero-order valence-corrected chi connectivity index (χ0v) is 12.8. The highest BCUT2D eigenvalue weighted by Gasteiger charge is 2.12. The van der Waals surface area contributed by atoms with Gasteiger partial charge in [-0.2, -0.15) is 0 Å². The molecule has 0 bridgehead atoms. The number of fused-ring (bicyclic) bond motifs is 1. The molecule has 0 atom stereocenters. The summed E-state index contributed by atoms with van der Waals surface area (Å²) < 4.78 is 5.91. The Morgan fingerprint density at radius 2 is 1.33 bits per heavy atom. The lowest BCUT2D eigenvalue weighted by Crippen LogP contribution is -2.01. The molecule has 4 aromatic rings. The van der Waals surface area contributed by atoms with E-state index in [4.69, 9.17) is 4.42 Å². The van der Waals surface area contributed by atoms with Gasteiger partial charge in [0, 0.05) is 11.6 Å². The maximum absolute atomic E-state index is 12.4. The topological polar surface area (TPSA) is 50.4 Å². The summed E-state index contributed by atoms with van der Waals surface area (Å²) in [5.74, 6) is 0.414. The van der Waals surface area contributed by atoms with Gasteiger partial charge in [0.2, 0.25) is 0 Å². The highest BCUT2D eigenvalue weighted by molar-refractivity contribution is 5.89. The van der Waals surface area contributed by atoms with Crippen molar-refractivity contribution in [2.75, 3.05) is 0 Å². The molecule has 0 radical (unpaired) electrons. The molecule has 1 aromatic heterocycles. The third kappa shape index (κ3) is 2.46.